The standard InChI is InChI=1S/C29H25N3O2/c1-32(2)29(34)20-12-15-22(16-13-20)30-28(33)26-23-10-6-7-11-25(23)31-27-21(14-17-24(26)27)18-19-8-4-3-5-9-19/h3-13,15-16,18H,14,17H2,1-2H3,(H,30,33)/b21-18+. The van der Waals surface area contributed by atoms with Gasteiger partial charge in [-0.2, -0.15) is 0 Å². The normalized spacial score (nSPS) is 13.6. The third kappa shape index (κ3) is 4.08. The predicted molar refractivity (Wildman–Crippen MR) is 137 cm³/mol. The van der Waals surface area contributed by atoms with Gasteiger partial charge < -0.3 is 10.2 Å². The van der Waals surface area contributed by atoms with E-state index >= 15 is 0 Å². The number of para-hydroxylation sites is 1. The Morgan fingerprint density at radius 1 is 0.882 bits per heavy atom. The van der Waals surface area contributed by atoms with Crippen LogP contribution in [0.15, 0.2) is 78.9 Å². The number of hydrogen-bond acceptors (Lipinski definition) is 3. The fraction of sp³-hybridized carbons (Fsp3) is 0.138. The molecular formula is C29H25N3O2. The van der Waals surface area contributed by atoms with Gasteiger partial charge in [0.1, 0.15) is 0 Å². The summed E-state index contributed by atoms with van der Waals surface area (Å²) < 4.78 is 0. The number of benzene rings is 3. The van der Waals surface area contributed by atoms with Crippen LogP contribution in [-0.2, 0) is 6.42 Å². The van der Waals surface area contributed by atoms with Crippen LogP contribution in [0.25, 0.3) is 22.6 Å². The van der Waals surface area contributed by atoms with E-state index in [-0.39, 0.29) is 11.8 Å². The molecule has 5 rings (SSSR count). The molecule has 1 heterocycles. The lowest BCUT2D eigenvalue weighted by atomic mass is 9.99. The Labute approximate surface area is 198 Å². The monoisotopic (exact) mass is 447 g/mol. The number of carbonyl (C=O) groups excluding carboxylic acids is 2. The zero-order valence-electron chi connectivity index (χ0n) is 19.2. The van der Waals surface area contributed by atoms with Gasteiger partial charge in [0.2, 0.25) is 0 Å². The van der Waals surface area contributed by atoms with Crippen molar-refractivity contribution in [1.29, 1.82) is 0 Å². The Hall–Kier alpha value is -4.25. The van der Waals surface area contributed by atoms with Crippen LogP contribution in [0, 0.1) is 0 Å². The summed E-state index contributed by atoms with van der Waals surface area (Å²) in [6, 6.07) is 25.0. The van der Waals surface area contributed by atoms with Gasteiger partial charge in [0.05, 0.1) is 16.8 Å². The average molecular weight is 448 g/mol. The van der Waals surface area contributed by atoms with Crippen LogP contribution >= 0.6 is 0 Å². The number of aromatic nitrogens is 1. The Morgan fingerprint density at radius 3 is 2.32 bits per heavy atom. The lowest BCUT2D eigenvalue weighted by molar-refractivity contribution is 0.0827. The maximum absolute atomic E-state index is 13.5. The van der Waals surface area contributed by atoms with Crippen molar-refractivity contribution in [3.63, 3.8) is 0 Å². The second kappa shape index (κ2) is 8.94. The molecule has 0 saturated heterocycles. The second-order valence-electron chi connectivity index (χ2n) is 8.64. The quantitative estimate of drug-likeness (QED) is 0.438. The molecular weight excluding hydrogens is 422 g/mol. The van der Waals surface area contributed by atoms with Crippen molar-refractivity contribution in [2.75, 3.05) is 19.4 Å². The number of anilines is 1. The Morgan fingerprint density at radius 2 is 1.59 bits per heavy atom. The van der Waals surface area contributed by atoms with Gasteiger partial charge in [0.25, 0.3) is 11.8 Å². The highest BCUT2D eigenvalue weighted by atomic mass is 16.2. The largest absolute Gasteiger partial charge is 0.345 e. The summed E-state index contributed by atoms with van der Waals surface area (Å²) in [4.78, 5) is 32.2. The van der Waals surface area contributed by atoms with Crippen LogP contribution < -0.4 is 5.32 Å². The van der Waals surface area contributed by atoms with Gasteiger partial charge in [-0.3, -0.25) is 9.59 Å². The van der Waals surface area contributed by atoms with Gasteiger partial charge in [-0.1, -0.05) is 48.5 Å². The molecule has 0 unspecified atom stereocenters. The van der Waals surface area contributed by atoms with Crippen molar-refractivity contribution in [3.8, 4) is 0 Å². The summed E-state index contributed by atoms with van der Waals surface area (Å²) in [5, 5.41) is 3.88. The number of allylic oxidation sites excluding steroid dienone is 1. The molecule has 0 bridgehead atoms. The van der Waals surface area contributed by atoms with Gasteiger partial charge in [-0.15, -0.1) is 0 Å². The van der Waals surface area contributed by atoms with Crippen molar-refractivity contribution in [3.05, 3.63) is 107 Å². The van der Waals surface area contributed by atoms with Gasteiger partial charge in [-0.05, 0) is 65.9 Å². The minimum Gasteiger partial charge on any atom is -0.345 e. The zero-order valence-corrected chi connectivity index (χ0v) is 19.2. The molecule has 2 amide bonds. The molecule has 5 nitrogen and oxygen atoms in total. The predicted octanol–water partition coefficient (Wildman–Crippen LogP) is 5.68. The molecule has 3 aromatic carbocycles. The van der Waals surface area contributed by atoms with Crippen molar-refractivity contribution in [2.45, 2.75) is 12.8 Å². The van der Waals surface area contributed by atoms with Crippen LogP contribution in [0.2, 0.25) is 0 Å². The van der Waals surface area contributed by atoms with Crippen LogP contribution in [-0.4, -0.2) is 35.8 Å². The molecule has 4 aromatic rings. The maximum atomic E-state index is 13.5. The van der Waals surface area contributed by atoms with Crippen molar-refractivity contribution in [2.24, 2.45) is 0 Å². The molecule has 1 aromatic heterocycles. The number of pyridine rings is 1. The first-order valence-electron chi connectivity index (χ1n) is 11.3. The van der Waals surface area contributed by atoms with Crippen LogP contribution in [0.4, 0.5) is 5.69 Å². The van der Waals surface area contributed by atoms with E-state index in [1.165, 1.54) is 4.90 Å². The number of fused-ring (bicyclic) bond motifs is 2. The smallest absolute Gasteiger partial charge is 0.256 e. The SMILES string of the molecule is CN(C)C(=O)c1ccc(NC(=O)c2c3c(nc4ccccc24)/C(=C/c2ccccc2)CC3)cc1. The molecule has 168 valence electrons. The van der Waals surface area contributed by atoms with E-state index in [1.54, 1.807) is 38.4 Å². The van der Waals surface area contributed by atoms with Crippen LogP contribution in [0.5, 0.6) is 0 Å². The number of carbonyl (C=O) groups is 2. The molecule has 34 heavy (non-hydrogen) atoms. The first-order chi connectivity index (χ1) is 16.5. The third-order valence-electron chi connectivity index (χ3n) is 6.11. The minimum atomic E-state index is -0.164. The van der Waals surface area contributed by atoms with E-state index in [0.29, 0.717) is 16.8 Å². The first-order valence-corrected chi connectivity index (χ1v) is 11.3. The molecule has 0 aliphatic heterocycles. The third-order valence-corrected chi connectivity index (χ3v) is 6.11. The molecule has 0 atom stereocenters. The molecule has 0 radical (unpaired) electrons. The molecule has 5 heteroatoms. The molecule has 1 aliphatic carbocycles. The fourth-order valence-corrected chi connectivity index (χ4v) is 4.44. The van der Waals surface area contributed by atoms with E-state index in [9.17, 15) is 9.59 Å². The van der Waals surface area contributed by atoms with E-state index in [2.05, 4.69) is 23.5 Å². The van der Waals surface area contributed by atoms with E-state index in [1.807, 2.05) is 42.5 Å². The zero-order chi connectivity index (χ0) is 23.7. The summed E-state index contributed by atoms with van der Waals surface area (Å²) in [6.45, 7) is 0. The second-order valence-corrected chi connectivity index (χ2v) is 8.64. The van der Waals surface area contributed by atoms with Gasteiger partial charge >= 0.3 is 0 Å². The van der Waals surface area contributed by atoms with Gasteiger partial charge in [0.15, 0.2) is 0 Å². The molecule has 0 spiro atoms. The Balaban J connectivity index is 1.53. The fourth-order valence-electron chi connectivity index (χ4n) is 4.44. The lowest BCUT2D eigenvalue weighted by Gasteiger charge is -2.14. The summed E-state index contributed by atoms with van der Waals surface area (Å²) in [7, 11) is 3.43. The summed E-state index contributed by atoms with van der Waals surface area (Å²) in [5.41, 5.74) is 6.86. The van der Waals surface area contributed by atoms with Crippen molar-refractivity contribution < 1.29 is 9.59 Å². The minimum absolute atomic E-state index is 0.0754. The van der Waals surface area contributed by atoms with Crippen LogP contribution in [0.1, 0.15) is 44.0 Å². The summed E-state index contributed by atoms with van der Waals surface area (Å²) >= 11 is 0. The van der Waals surface area contributed by atoms with E-state index < -0.39 is 0 Å². The van der Waals surface area contributed by atoms with Gasteiger partial charge in [-0.25, -0.2) is 4.98 Å². The maximum Gasteiger partial charge on any atom is 0.256 e. The number of nitrogens with zero attached hydrogens (tertiary/aromatic N) is 2. The highest BCUT2D eigenvalue weighted by Crippen LogP contribution is 2.37. The number of rotatable bonds is 4. The van der Waals surface area contributed by atoms with Crippen molar-refractivity contribution in [1.82, 2.24) is 9.88 Å². The topological polar surface area (TPSA) is 62.3 Å². The molecule has 1 N–H and O–H groups in total. The summed E-state index contributed by atoms with van der Waals surface area (Å²) in [5.74, 6) is -0.240. The number of amides is 2. The number of nitrogens with one attached hydrogen (secondary N) is 1. The Kier molecular flexibility index (Phi) is 5.68. The van der Waals surface area contributed by atoms with Crippen LogP contribution in [0.3, 0.4) is 0 Å². The molecule has 0 saturated carbocycles. The Bertz CT molecular complexity index is 1420. The highest BCUT2D eigenvalue weighted by Gasteiger charge is 2.27. The average Bonchev–Trinajstić information content (AvgIpc) is 3.24. The van der Waals surface area contributed by atoms with E-state index in [4.69, 9.17) is 4.98 Å². The van der Waals surface area contributed by atoms with E-state index in [0.717, 1.165) is 46.1 Å². The first kappa shape index (κ1) is 21.6. The van der Waals surface area contributed by atoms with Gasteiger partial charge in [0, 0.05) is 30.7 Å². The highest BCUT2D eigenvalue weighted by molar-refractivity contribution is 6.15. The number of hydrogen-bond donors (Lipinski definition) is 1. The molecule has 0 fully saturated rings. The van der Waals surface area contributed by atoms with Crippen molar-refractivity contribution >= 4 is 40.1 Å². The lowest BCUT2D eigenvalue weighted by Crippen LogP contribution is -2.21. The molecule has 1 aliphatic rings. The summed E-state index contributed by atoms with van der Waals surface area (Å²) in [6.07, 6.45) is 3.77.